The molecule has 0 spiro atoms. The van der Waals surface area contributed by atoms with Gasteiger partial charge in [-0.2, -0.15) is 5.10 Å². The van der Waals surface area contributed by atoms with Gasteiger partial charge in [0, 0.05) is 37.5 Å². The zero-order valence-electron chi connectivity index (χ0n) is 16.3. The van der Waals surface area contributed by atoms with Crippen LogP contribution in [0.25, 0.3) is 22.8 Å². The Balaban J connectivity index is 0.00000140. The van der Waals surface area contributed by atoms with Crippen LogP contribution in [0.15, 0.2) is 48.5 Å². The van der Waals surface area contributed by atoms with Crippen LogP contribution in [0.3, 0.4) is 0 Å². The molecule has 3 aromatic rings. The van der Waals surface area contributed by atoms with Crippen molar-refractivity contribution in [2.45, 2.75) is 19.4 Å². The number of nitrogens with one attached hydrogen (secondary N) is 1. The van der Waals surface area contributed by atoms with Crippen molar-refractivity contribution in [3.8, 4) is 22.8 Å². The van der Waals surface area contributed by atoms with Crippen LogP contribution in [-0.4, -0.2) is 47.3 Å². The van der Waals surface area contributed by atoms with Gasteiger partial charge in [-0.1, -0.05) is 18.2 Å². The average Bonchev–Trinajstić information content (AvgIpc) is 3.34. The van der Waals surface area contributed by atoms with E-state index in [1.165, 1.54) is 37.2 Å². The van der Waals surface area contributed by atoms with E-state index in [1.807, 2.05) is 14.1 Å². The molecule has 5 nitrogen and oxygen atoms in total. The molecule has 0 unspecified atom stereocenters. The van der Waals surface area contributed by atoms with Gasteiger partial charge in [0.05, 0.1) is 0 Å². The van der Waals surface area contributed by atoms with Crippen molar-refractivity contribution in [1.29, 1.82) is 0 Å². The minimum Gasteiger partial charge on any atom is -0.378 e. The maximum Gasteiger partial charge on any atom is 0.181 e. The minimum atomic E-state index is 0. The van der Waals surface area contributed by atoms with E-state index in [2.05, 4.69) is 68.5 Å². The summed E-state index contributed by atoms with van der Waals surface area (Å²) in [5, 5.41) is 7.51. The van der Waals surface area contributed by atoms with Crippen molar-refractivity contribution in [2.75, 3.05) is 32.1 Å². The number of hydrogen-bond acceptors (Lipinski definition) is 4. The van der Waals surface area contributed by atoms with E-state index < -0.39 is 0 Å². The zero-order valence-corrected chi connectivity index (χ0v) is 17.9. The summed E-state index contributed by atoms with van der Waals surface area (Å²) in [6.45, 7) is 3.42. The Labute approximate surface area is 179 Å². The summed E-state index contributed by atoms with van der Waals surface area (Å²) < 4.78 is 0. The first-order chi connectivity index (χ1) is 12.7. The molecule has 0 amide bonds. The van der Waals surface area contributed by atoms with Crippen LogP contribution in [0, 0.1) is 0 Å². The van der Waals surface area contributed by atoms with E-state index in [4.69, 9.17) is 4.98 Å². The van der Waals surface area contributed by atoms with Crippen molar-refractivity contribution in [2.24, 2.45) is 0 Å². The lowest BCUT2D eigenvalue weighted by atomic mass is 10.1. The molecule has 1 aliphatic rings. The Bertz CT molecular complexity index is 871. The third-order valence-corrected chi connectivity index (χ3v) is 4.93. The van der Waals surface area contributed by atoms with Crippen LogP contribution < -0.4 is 4.90 Å². The second-order valence-electron chi connectivity index (χ2n) is 7.13. The van der Waals surface area contributed by atoms with Crippen LogP contribution in [0.1, 0.15) is 18.4 Å². The Morgan fingerprint density at radius 3 is 2.36 bits per heavy atom. The van der Waals surface area contributed by atoms with Gasteiger partial charge in [-0.15, -0.1) is 24.8 Å². The Hall–Kier alpha value is -2.08. The van der Waals surface area contributed by atoms with Crippen molar-refractivity contribution in [3.05, 3.63) is 54.1 Å². The molecule has 1 aromatic heterocycles. The number of benzene rings is 2. The van der Waals surface area contributed by atoms with E-state index in [-0.39, 0.29) is 24.8 Å². The number of rotatable bonds is 5. The zero-order chi connectivity index (χ0) is 17.9. The summed E-state index contributed by atoms with van der Waals surface area (Å²) in [4.78, 5) is 9.30. The van der Waals surface area contributed by atoms with Gasteiger partial charge in [0.1, 0.15) is 0 Å². The number of halogens is 2. The molecule has 150 valence electrons. The highest BCUT2D eigenvalue weighted by atomic mass is 35.5. The molecule has 2 heterocycles. The standard InChI is InChI=1S/C21H25N5.2ClH/c1-25(2)19-10-8-17(9-11-19)20-22-21(24-23-20)18-7-5-6-16(14-18)15-26-12-3-4-13-26;;/h5-11,14H,3-4,12-13,15H2,1-2H3,(H,22,23,24);2*1H. The Kier molecular flexibility index (Phi) is 7.87. The highest BCUT2D eigenvalue weighted by molar-refractivity contribution is 5.85. The van der Waals surface area contributed by atoms with Crippen molar-refractivity contribution in [3.63, 3.8) is 0 Å². The van der Waals surface area contributed by atoms with Gasteiger partial charge in [0.15, 0.2) is 11.6 Å². The summed E-state index contributed by atoms with van der Waals surface area (Å²) >= 11 is 0. The maximum atomic E-state index is 4.70. The predicted octanol–water partition coefficient (Wildman–Crippen LogP) is 4.64. The van der Waals surface area contributed by atoms with Gasteiger partial charge >= 0.3 is 0 Å². The molecular weight excluding hydrogens is 393 g/mol. The normalized spacial score (nSPS) is 13.6. The fourth-order valence-corrected chi connectivity index (χ4v) is 3.45. The van der Waals surface area contributed by atoms with E-state index >= 15 is 0 Å². The first kappa shape index (κ1) is 22.2. The topological polar surface area (TPSA) is 48.1 Å². The number of likely N-dealkylation sites (tertiary alicyclic amines) is 1. The molecule has 2 aromatic carbocycles. The van der Waals surface area contributed by atoms with Gasteiger partial charge < -0.3 is 4.90 Å². The highest BCUT2D eigenvalue weighted by Crippen LogP contribution is 2.23. The third-order valence-electron chi connectivity index (χ3n) is 4.93. The molecular formula is C21H27Cl2N5. The van der Waals surface area contributed by atoms with Gasteiger partial charge in [-0.25, -0.2) is 4.98 Å². The van der Waals surface area contributed by atoms with Crippen LogP contribution in [0.5, 0.6) is 0 Å². The Morgan fingerprint density at radius 2 is 1.68 bits per heavy atom. The minimum absolute atomic E-state index is 0. The molecule has 1 fully saturated rings. The lowest BCUT2D eigenvalue weighted by Gasteiger charge is -2.14. The van der Waals surface area contributed by atoms with E-state index in [0.717, 1.165) is 29.3 Å². The number of anilines is 1. The largest absolute Gasteiger partial charge is 0.378 e. The number of aromatic nitrogens is 3. The summed E-state index contributed by atoms with van der Waals surface area (Å²) in [7, 11) is 4.08. The molecule has 0 atom stereocenters. The second kappa shape index (κ2) is 9.92. The van der Waals surface area contributed by atoms with Crippen LogP contribution in [0.2, 0.25) is 0 Å². The Morgan fingerprint density at radius 1 is 0.964 bits per heavy atom. The number of aromatic amines is 1. The van der Waals surface area contributed by atoms with Gasteiger partial charge in [-0.05, 0) is 61.8 Å². The van der Waals surface area contributed by atoms with Crippen molar-refractivity contribution < 1.29 is 0 Å². The molecule has 0 aliphatic carbocycles. The quantitative estimate of drug-likeness (QED) is 0.653. The summed E-state index contributed by atoms with van der Waals surface area (Å²) in [5.41, 5.74) is 4.60. The highest BCUT2D eigenvalue weighted by Gasteiger charge is 2.13. The van der Waals surface area contributed by atoms with Crippen LogP contribution >= 0.6 is 24.8 Å². The fourth-order valence-electron chi connectivity index (χ4n) is 3.45. The number of nitrogens with zero attached hydrogens (tertiary/aromatic N) is 4. The number of hydrogen-bond donors (Lipinski definition) is 1. The molecule has 1 N–H and O–H groups in total. The lowest BCUT2D eigenvalue weighted by Crippen LogP contribution is -2.18. The molecule has 7 heteroatoms. The molecule has 28 heavy (non-hydrogen) atoms. The van der Waals surface area contributed by atoms with Crippen molar-refractivity contribution in [1.82, 2.24) is 20.1 Å². The van der Waals surface area contributed by atoms with Crippen molar-refractivity contribution >= 4 is 30.5 Å². The molecule has 0 radical (unpaired) electrons. The first-order valence-corrected chi connectivity index (χ1v) is 9.21. The van der Waals surface area contributed by atoms with Crippen LogP contribution in [-0.2, 0) is 6.54 Å². The van der Waals surface area contributed by atoms with E-state index in [9.17, 15) is 0 Å². The third kappa shape index (κ3) is 5.04. The summed E-state index contributed by atoms with van der Waals surface area (Å²) in [5.74, 6) is 1.55. The number of H-pyrrole nitrogens is 1. The summed E-state index contributed by atoms with van der Waals surface area (Å²) in [6, 6.07) is 16.9. The van der Waals surface area contributed by atoms with Gasteiger partial charge in [0.2, 0.25) is 0 Å². The summed E-state index contributed by atoms with van der Waals surface area (Å²) in [6.07, 6.45) is 2.63. The maximum absolute atomic E-state index is 4.70. The molecule has 1 saturated heterocycles. The molecule has 0 bridgehead atoms. The van der Waals surface area contributed by atoms with Crippen LogP contribution in [0.4, 0.5) is 5.69 Å². The van der Waals surface area contributed by atoms with Gasteiger partial charge in [0.25, 0.3) is 0 Å². The first-order valence-electron chi connectivity index (χ1n) is 9.21. The van der Waals surface area contributed by atoms with E-state index in [0.29, 0.717) is 0 Å². The fraction of sp³-hybridized carbons (Fsp3) is 0.333. The average molecular weight is 420 g/mol. The predicted molar refractivity (Wildman–Crippen MR) is 121 cm³/mol. The molecule has 4 rings (SSSR count). The monoisotopic (exact) mass is 419 g/mol. The van der Waals surface area contributed by atoms with Gasteiger partial charge in [-0.3, -0.25) is 10.00 Å². The molecule has 0 saturated carbocycles. The van der Waals surface area contributed by atoms with E-state index in [1.54, 1.807) is 0 Å². The SMILES string of the molecule is CN(C)c1ccc(-c2nc(-c3cccc(CN4CCCC4)c3)n[nH]2)cc1.Cl.Cl. The second-order valence-corrected chi connectivity index (χ2v) is 7.13. The molecule has 1 aliphatic heterocycles. The lowest BCUT2D eigenvalue weighted by molar-refractivity contribution is 0.331. The smallest absolute Gasteiger partial charge is 0.181 e.